The first kappa shape index (κ1) is 59.9. The molecule has 21 N–H and O–H groups in total. The zero-order valence-electron chi connectivity index (χ0n) is 42.0. The highest BCUT2D eigenvalue weighted by atomic mass is 19.1. The number of aliphatic imine (C=N–C) groups is 2. The zero-order valence-corrected chi connectivity index (χ0v) is 42.0. The molecule has 1 aliphatic rings. The SMILES string of the molecule is CC(=O)N[C@@H](CCCN=C(N)N)C(=O)N[C@H]1CCC(=O)N([C@@H](CCCN)C(N)=O)C(=O)[C@H](Cc2c[nH]c3ccccc23)NC(=O)[C@H](CCCN=C(N)N)NC(=O)[C@@H](Cc2ccc(F)cc2)NC(=O)[C@H](CC(N)=O)NC1=O. The van der Waals surface area contributed by atoms with Crippen LogP contribution in [0.2, 0.25) is 0 Å². The van der Waals surface area contributed by atoms with E-state index in [-0.39, 0.29) is 82.9 Å². The highest BCUT2D eigenvalue weighted by molar-refractivity contribution is 6.05. The molecule has 10 amide bonds. The van der Waals surface area contributed by atoms with Gasteiger partial charge in [0.05, 0.1) is 6.42 Å². The second-order valence-corrected chi connectivity index (χ2v) is 18.0. The average Bonchev–Trinajstić information content (AvgIpc) is 3.77. The summed E-state index contributed by atoms with van der Waals surface area (Å²) in [5, 5.41) is 15.7. The first-order valence-corrected chi connectivity index (χ1v) is 24.4. The van der Waals surface area contributed by atoms with Gasteiger partial charge in [0.25, 0.3) is 5.91 Å². The molecule has 0 unspecified atom stereocenters. The summed E-state index contributed by atoms with van der Waals surface area (Å²) in [5.41, 5.74) is 40.6. The number of guanidine groups is 2. The minimum atomic E-state index is -1.88. The number of benzene rings is 2. The van der Waals surface area contributed by atoms with E-state index >= 15 is 4.79 Å². The molecule has 0 spiro atoms. The molecular formula is C48H68FN17O10. The monoisotopic (exact) mass is 1060 g/mol. The molecule has 1 aliphatic heterocycles. The lowest BCUT2D eigenvalue weighted by molar-refractivity contribution is -0.154. The van der Waals surface area contributed by atoms with Crippen LogP contribution in [0, 0.1) is 5.82 Å². The van der Waals surface area contributed by atoms with Crippen LogP contribution in [0.1, 0.15) is 75.8 Å². The molecule has 1 aromatic heterocycles. The standard InChI is InChI=1S/C48H68FN17O10/c1-25(67)60-31(9-5-19-57-47(53)54)41(71)62-33-16-17-39(69)66(37(40(52)70)11-4-18-50)46(76)36(22-27-24-59-30-8-3-2-7-29(27)30)65-42(72)32(10-6-20-58-48(55)56)61-44(74)34(21-26-12-14-28(49)15-13-26)63-45(75)35(23-38(51)68)64-43(33)73/h2-3,7-8,12-15,24,31-37,59H,4-6,9-11,16-23,50H2,1H3,(H2,51,68)(H2,52,70)(H,60,67)(H,61,74)(H,62,71)(H,63,75)(H,64,73)(H,65,72)(H4,53,54,57)(H4,55,56,58)/t31-,32-,33-,34+,35-,36-,37-/m0/s1. The molecule has 3 aromatic rings. The van der Waals surface area contributed by atoms with Crippen molar-refractivity contribution >= 4 is 81.9 Å². The Balaban J connectivity index is 1.95. The molecule has 0 bridgehead atoms. The van der Waals surface area contributed by atoms with Crippen molar-refractivity contribution in [3.63, 3.8) is 0 Å². The number of H-pyrrole nitrogens is 1. The van der Waals surface area contributed by atoms with Crippen LogP contribution in [0.4, 0.5) is 4.39 Å². The van der Waals surface area contributed by atoms with Crippen LogP contribution in [0.25, 0.3) is 10.9 Å². The van der Waals surface area contributed by atoms with Gasteiger partial charge in [0.2, 0.25) is 53.2 Å². The number of hydrogen-bond acceptors (Lipinski definition) is 13. The summed E-state index contributed by atoms with van der Waals surface area (Å²) in [6.45, 7) is 1.10. The number of hydrogen-bond donors (Lipinski definition) is 14. The molecule has 27 nitrogen and oxygen atoms in total. The maximum absolute atomic E-state index is 15.3. The van der Waals surface area contributed by atoms with E-state index in [4.69, 9.17) is 40.1 Å². The Morgan fingerprint density at radius 1 is 0.737 bits per heavy atom. The Kier molecular flexibility index (Phi) is 23.1. The van der Waals surface area contributed by atoms with E-state index in [2.05, 4.69) is 46.9 Å². The quantitative estimate of drug-likeness (QED) is 0.0196. The molecule has 7 atom stereocenters. The maximum atomic E-state index is 15.3. The fourth-order valence-electron chi connectivity index (χ4n) is 8.33. The van der Waals surface area contributed by atoms with E-state index < -0.39 is 126 Å². The first-order chi connectivity index (χ1) is 36.1. The molecule has 28 heteroatoms. The van der Waals surface area contributed by atoms with Crippen molar-refractivity contribution in [1.29, 1.82) is 0 Å². The summed E-state index contributed by atoms with van der Waals surface area (Å²) >= 11 is 0. The number of nitrogens with one attached hydrogen (secondary N) is 7. The second kappa shape index (κ2) is 29.3. The normalized spacial score (nSPS) is 19.8. The van der Waals surface area contributed by atoms with Crippen molar-refractivity contribution in [1.82, 2.24) is 41.8 Å². The Morgan fingerprint density at radius 2 is 1.34 bits per heavy atom. The highest BCUT2D eigenvalue weighted by Gasteiger charge is 2.41. The van der Waals surface area contributed by atoms with Gasteiger partial charge in [-0.25, -0.2) is 4.39 Å². The van der Waals surface area contributed by atoms with E-state index in [1.54, 1.807) is 30.5 Å². The van der Waals surface area contributed by atoms with E-state index in [1.807, 2.05) is 0 Å². The number of nitrogens with two attached hydrogens (primary N) is 7. The van der Waals surface area contributed by atoms with Gasteiger partial charge in [0.15, 0.2) is 11.9 Å². The number of halogens is 1. The maximum Gasteiger partial charge on any atom is 0.252 e. The third-order valence-corrected chi connectivity index (χ3v) is 12.1. The number of imide groups is 1. The van der Waals surface area contributed by atoms with Gasteiger partial charge >= 0.3 is 0 Å². The summed E-state index contributed by atoms with van der Waals surface area (Å²) in [6.07, 6.45) is -1.77. The number of para-hydroxylation sites is 1. The number of fused-ring (bicyclic) bond motifs is 1. The van der Waals surface area contributed by atoms with Crippen molar-refractivity contribution in [2.45, 2.75) is 120 Å². The number of amides is 10. The molecule has 2 heterocycles. The summed E-state index contributed by atoms with van der Waals surface area (Å²) in [6, 6.07) is 0.199. The zero-order chi connectivity index (χ0) is 56.1. The van der Waals surface area contributed by atoms with Crippen LogP contribution in [0.5, 0.6) is 0 Å². The van der Waals surface area contributed by atoms with Gasteiger partial charge in [-0.2, -0.15) is 0 Å². The van der Waals surface area contributed by atoms with Crippen molar-refractivity contribution < 1.29 is 52.3 Å². The fourth-order valence-corrected chi connectivity index (χ4v) is 8.33. The molecule has 1 saturated heterocycles. The fraction of sp³-hybridized carbons (Fsp3) is 0.458. The van der Waals surface area contributed by atoms with Crippen LogP contribution < -0.4 is 72.0 Å². The molecule has 0 aliphatic carbocycles. The van der Waals surface area contributed by atoms with Crippen molar-refractivity contribution in [3.05, 3.63) is 71.7 Å². The van der Waals surface area contributed by atoms with Crippen LogP contribution >= 0.6 is 0 Å². The third-order valence-electron chi connectivity index (χ3n) is 12.1. The minimum Gasteiger partial charge on any atom is -0.370 e. The van der Waals surface area contributed by atoms with Crippen LogP contribution in [-0.4, -0.2) is 143 Å². The predicted octanol–water partition coefficient (Wildman–Crippen LogP) is -4.25. The number of rotatable bonds is 22. The number of aromatic amines is 1. The number of aromatic nitrogens is 1. The topological polar surface area (TPSA) is 469 Å². The number of carbonyl (C=O) groups is 10. The van der Waals surface area contributed by atoms with Gasteiger partial charge in [-0.3, -0.25) is 62.8 Å². The van der Waals surface area contributed by atoms with Crippen molar-refractivity contribution in [2.24, 2.45) is 50.1 Å². The molecule has 1 fully saturated rings. The molecular weight excluding hydrogens is 994 g/mol. The Labute approximate surface area is 436 Å². The summed E-state index contributed by atoms with van der Waals surface area (Å²) in [5.74, 6) is -11.7. The van der Waals surface area contributed by atoms with Crippen LogP contribution in [0.15, 0.2) is 64.7 Å². The van der Waals surface area contributed by atoms with Gasteiger partial charge in [-0.1, -0.05) is 30.3 Å². The lowest BCUT2D eigenvalue weighted by Gasteiger charge is -2.33. The van der Waals surface area contributed by atoms with Gasteiger partial charge in [0, 0.05) is 56.4 Å². The third kappa shape index (κ3) is 18.7. The van der Waals surface area contributed by atoms with Crippen LogP contribution in [0.3, 0.4) is 0 Å². The predicted molar refractivity (Wildman–Crippen MR) is 275 cm³/mol. The highest BCUT2D eigenvalue weighted by Crippen LogP contribution is 2.22. The largest absolute Gasteiger partial charge is 0.370 e. The van der Waals surface area contributed by atoms with Crippen LogP contribution in [-0.2, 0) is 60.8 Å². The average molecular weight is 1060 g/mol. The smallest absolute Gasteiger partial charge is 0.252 e. The van der Waals surface area contributed by atoms with Gasteiger partial charge in [-0.05, 0) is 80.8 Å². The van der Waals surface area contributed by atoms with Gasteiger partial charge in [-0.15, -0.1) is 0 Å². The molecule has 0 radical (unpaired) electrons. The Hall–Kier alpha value is -8.69. The summed E-state index contributed by atoms with van der Waals surface area (Å²) < 4.78 is 14.1. The van der Waals surface area contributed by atoms with E-state index in [1.165, 1.54) is 12.1 Å². The lowest BCUT2D eigenvalue weighted by Crippen LogP contribution is -2.62. The Morgan fingerprint density at radius 3 is 1.97 bits per heavy atom. The molecule has 76 heavy (non-hydrogen) atoms. The van der Waals surface area contributed by atoms with Crippen molar-refractivity contribution in [2.75, 3.05) is 19.6 Å². The van der Waals surface area contributed by atoms with E-state index in [0.717, 1.165) is 19.1 Å². The van der Waals surface area contributed by atoms with Gasteiger partial charge < -0.3 is 77.0 Å². The molecule has 0 saturated carbocycles. The molecule has 4 rings (SSSR count). The lowest BCUT2D eigenvalue weighted by atomic mass is 9.99. The summed E-state index contributed by atoms with van der Waals surface area (Å²) in [4.78, 5) is 152. The second-order valence-electron chi connectivity index (χ2n) is 18.0. The first-order valence-electron chi connectivity index (χ1n) is 24.4. The van der Waals surface area contributed by atoms with Gasteiger partial charge in [0.1, 0.15) is 48.1 Å². The Bertz CT molecular complexity index is 2640. The summed E-state index contributed by atoms with van der Waals surface area (Å²) in [7, 11) is 0. The molecule has 2 aromatic carbocycles. The number of primary amides is 2. The number of carbonyl (C=O) groups excluding carboxylic acids is 10. The van der Waals surface area contributed by atoms with Crippen molar-refractivity contribution in [3.8, 4) is 0 Å². The molecule has 412 valence electrons. The number of nitrogens with zero attached hydrogens (tertiary/aromatic N) is 3. The van der Waals surface area contributed by atoms with E-state index in [0.29, 0.717) is 26.9 Å². The van der Waals surface area contributed by atoms with E-state index in [9.17, 15) is 47.5 Å². The minimum absolute atomic E-state index is 0.0192.